The molecule has 1 aromatic carbocycles. The van der Waals surface area contributed by atoms with Gasteiger partial charge in [-0.2, -0.15) is 0 Å². The highest BCUT2D eigenvalue weighted by molar-refractivity contribution is 6.21. The van der Waals surface area contributed by atoms with Crippen LogP contribution in [-0.4, -0.2) is 41.0 Å². The van der Waals surface area contributed by atoms with Crippen LogP contribution in [0.1, 0.15) is 61.8 Å². The number of nitrogens with one attached hydrogen (secondary N) is 1. The number of hydrogen-bond acceptors (Lipinski definition) is 4. The molecule has 1 aliphatic heterocycles. The number of imide groups is 1. The van der Waals surface area contributed by atoms with E-state index in [1.54, 1.807) is 45.0 Å². The molecule has 0 spiro atoms. The zero-order valence-corrected chi connectivity index (χ0v) is 15.5. The average Bonchev–Trinajstić information content (AvgIpc) is 2.70. The van der Waals surface area contributed by atoms with Crippen molar-refractivity contribution < 1.29 is 19.1 Å². The number of carbonyl (C=O) groups excluding carboxylic acids is 3. The van der Waals surface area contributed by atoms with Crippen molar-refractivity contribution in [1.82, 2.24) is 10.2 Å². The molecule has 3 amide bonds. The first-order valence-electron chi connectivity index (χ1n) is 8.53. The first-order chi connectivity index (χ1) is 11.6. The molecule has 0 bridgehead atoms. The molecule has 6 nitrogen and oxygen atoms in total. The molecule has 25 heavy (non-hydrogen) atoms. The predicted molar refractivity (Wildman–Crippen MR) is 94.4 cm³/mol. The van der Waals surface area contributed by atoms with Crippen molar-refractivity contribution in [2.24, 2.45) is 5.92 Å². The number of hydrogen-bond donors (Lipinski definition) is 1. The van der Waals surface area contributed by atoms with E-state index in [9.17, 15) is 14.4 Å². The molecule has 0 saturated heterocycles. The third-order valence-electron chi connectivity index (χ3n) is 3.76. The Kier molecular flexibility index (Phi) is 5.50. The lowest BCUT2D eigenvalue weighted by Gasteiger charge is -2.27. The van der Waals surface area contributed by atoms with Gasteiger partial charge >= 0.3 is 6.09 Å². The summed E-state index contributed by atoms with van der Waals surface area (Å²) in [5.74, 6) is -0.351. The normalized spacial score (nSPS) is 15.4. The molecule has 1 heterocycles. The van der Waals surface area contributed by atoms with Crippen LogP contribution in [-0.2, 0) is 4.74 Å². The van der Waals surface area contributed by atoms with Crippen LogP contribution >= 0.6 is 0 Å². The van der Waals surface area contributed by atoms with E-state index < -0.39 is 11.7 Å². The van der Waals surface area contributed by atoms with Crippen molar-refractivity contribution in [2.45, 2.75) is 52.7 Å². The molecule has 2 rings (SSSR count). The Morgan fingerprint density at radius 3 is 2.08 bits per heavy atom. The quantitative estimate of drug-likeness (QED) is 0.831. The molecule has 0 radical (unpaired) electrons. The van der Waals surface area contributed by atoms with Crippen molar-refractivity contribution >= 4 is 17.9 Å². The van der Waals surface area contributed by atoms with Crippen LogP contribution in [0.15, 0.2) is 24.3 Å². The minimum atomic E-state index is -0.609. The number of rotatable bonds is 5. The van der Waals surface area contributed by atoms with E-state index in [4.69, 9.17) is 4.74 Å². The van der Waals surface area contributed by atoms with Gasteiger partial charge in [0.05, 0.1) is 17.2 Å². The lowest BCUT2D eigenvalue weighted by molar-refractivity contribution is 0.0460. The van der Waals surface area contributed by atoms with Gasteiger partial charge in [-0.3, -0.25) is 14.5 Å². The largest absolute Gasteiger partial charge is 0.444 e. The van der Waals surface area contributed by atoms with E-state index in [0.29, 0.717) is 17.5 Å². The van der Waals surface area contributed by atoms with Gasteiger partial charge in [-0.15, -0.1) is 0 Å². The minimum absolute atomic E-state index is 0.129. The molecule has 0 aromatic heterocycles. The lowest BCUT2D eigenvalue weighted by atomic mass is 10.0. The van der Waals surface area contributed by atoms with Crippen LogP contribution in [0, 0.1) is 5.92 Å². The fourth-order valence-electron chi connectivity index (χ4n) is 2.85. The Morgan fingerprint density at radius 2 is 1.64 bits per heavy atom. The zero-order chi connectivity index (χ0) is 18.8. The minimum Gasteiger partial charge on any atom is -0.444 e. The average molecular weight is 346 g/mol. The Hall–Kier alpha value is -2.37. The van der Waals surface area contributed by atoms with Crippen molar-refractivity contribution in [2.75, 3.05) is 6.54 Å². The number of benzene rings is 1. The molecule has 6 heteroatoms. The summed E-state index contributed by atoms with van der Waals surface area (Å²) < 4.78 is 5.29. The third-order valence-corrected chi connectivity index (χ3v) is 3.76. The van der Waals surface area contributed by atoms with E-state index >= 15 is 0 Å². The Bertz CT molecular complexity index is 641. The van der Waals surface area contributed by atoms with Gasteiger partial charge in [-0.25, -0.2) is 4.79 Å². The molecular weight excluding hydrogens is 320 g/mol. The van der Waals surface area contributed by atoms with Crippen LogP contribution in [0.4, 0.5) is 4.79 Å². The van der Waals surface area contributed by atoms with Crippen LogP contribution in [0.2, 0.25) is 0 Å². The first kappa shape index (κ1) is 19.0. The van der Waals surface area contributed by atoms with E-state index in [2.05, 4.69) is 5.32 Å². The molecule has 1 aromatic rings. The SMILES string of the molecule is CC(C)C[C@@H](CN1C(=O)c2ccccc2C1=O)NC(=O)OC(C)(C)C. The number of alkyl carbamates (subject to hydrolysis) is 1. The maximum Gasteiger partial charge on any atom is 0.407 e. The van der Waals surface area contributed by atoms with Crippen LogP contribution < -0.4 is 5.32 Å². The zero-order valence-electron chi connectivity index (χ0n) is 15.5. The summed E-state index contributed by atoms with van der Waals surface area (Å²) >= 11 is 0. The highest BCUT2D eigenvalue weighted by Crippen LogP contribution is 2.23. The second kappa shape index (κ2) is 7.25. The summed E-state index contributed by atoms with van der Waals surface area (Å²) in [6.45, 7) is 9.53. The van der Waals surface area contributed by atoms with Gasteiger partial charge in [0.15, 0.2) is 0 Å². The highest BCUT2D eigenvalue weighted by atomic mass is 16.6. The fraction of sp³-hybridized carbons (Fsp3) is 0.526. The summed E-state index contributed by atoms with van der Waals surface area (Å²) in [4.78, 5) is 38.3. The lowest BCUT2D eigenvalue weighted by Crippen LogP contribution is -2.47. The van der Waals surface area contributed by atoms with E-state index in [0.717, 1.165) is 0 Å². The fourth-order valence-corrected chi connectivity index (χ4v) is 2.85. The van der Waals surface area contributed by atoms with Crippen molar-refractivity contribution in [3.05, 3.63) is 35.4 Å². The summed E-state index contributed by atoms with van der Waals surface area (Å²) in [6, 6.07) is 6.40. The predicted octanol–water partition coefficient (Wildman–Crippen LogP) is 3.22. The molecular formula is C19H26N2O4. The Labute approximate surface area is 148 Å². The third kappa shape index (κ3) is 4.81. The number of nitrogens with zero attached hydrogens (tertiary/aromatic N) is 1. The highest BCUT2D eigenvalue weighted by Gasteiger charge is 2.36. The second-order valence-electron chi connectivity index (χ2n) is 7.74. The number of carbonyl (C=O) groups is 3. The Morgan fingerprint density at radius 1 is 1.12 bits per heavy atom. The summed E-state index contributed by atoms with van der Waals surface area (Å²) in [7, 11) is 0. The molecule has 0 fully saturated rings. The number of amides is 3. The molecule has 0 aliphatic carbocycles. The number of fused-ring (bicyclic) bond motifs is 1. The van der Waals surface area contributed by atoms with Gasteiger partial charge < -0.3 is 10.1 Å². The maximum atomic E-state index is 12.5. The van der Waals surface area contributed by atoms with Crippen LogP contribution in [0.5, 0.6) is 0 Å². The van der Waals surface area contributed by atoms with Gasteiger partial charge in [0.1, 0.15) is 5.60 Å². The molecule has 0 unspecified atom stereocenters. The van der Waals surface area contributed by atoms with E-state index in [1.807, 2.05) is 13.8 Å². The van der Waals surface area contributed by atoms with E-state index in [1.165, 1.54) is 4.90 Å². The van der Waals surface area contributed by atoms with Gasteiger partial charge in [-0.05, 0) is 45.2 Å². The Balaban J connectivity index is 2.11. The smallest absolute Gasteiger partial charge is 0.407 e. The van der Waals surface area contributed by atoms with Gasteiger partial charge in [0.2, 0.25) is 0 Å². The number of ether oxygens (including phenoxy) is 1. The molecule has 136 valence electrons. The second-order valence-corrected chi connectivity index (χ2v) is 7.74. The molecule has 1 N–H and O–H groups in total. The summed E-state index contributed by atoms with van der Waals surface area (Å²) in [5, 5.41) is 2.79. The van der Waals surface area contributed by atoms with Crippen molar-refractivity contribution in [3.63, 3.8) is 0 Å². The summed E-state index contributed by atoms with van der Waals surface area (Å²) in [5.41, 5.74) is 0.211. The summed E-state index contributed by atoms with van der Waals surface area (Å²) in [6.07, 6.45) is 0.0851. The van der Waals surface area contributed by atoms with Gasteiger partial charge in [-0.1, -0.05) is 26.0 Å². The molecule has 1 atom stereocenters. The standard InChI is InChI=1S/C19H26N2O4/c1-12(2)10-13(20-18(24)25-19(3,4)5)11-21-16(22)14-8-6-7-9-15(14)17(21)23/h6-9,12-13H,10-11H2,1-5H3,(H,20,24)/t13-/m0/s1. The topological polar surface area (TPSA) is 75.7 Å². The monoisotopic (exact) mass is 346 g/mol. The van der Waals surface area contributed by atoms with E-state index in [-0.39, 0.29) is 30.3 Å². The maximum absolute atomic E-state index is 12.5. The van der Waals surface area contributed by atoms with Crippen LogP contribution in [0.3, 0.4) is 0 Å². The van der Waals surface area contributed by atoms with Crippen LogP contribution in [0.25, 0.3) is 0 Å². The van der Waals surface area contributed by atoms with Gasteiger partial charge in [0.25, 0.3) is 11.8 Å². The molecule has 1 aliphatic rings. The van der Waals surface area contributed by atoms with Gasteiger partial charge in [0, 0.05) is 6.54 Å². The van der Waals surface area contributed by atoms with Crippen molar-refractivity contribution in [1.29, 1.82) is 0 Å². The molecule has 0 saturated carbocycles. The van der Waals surface area contributed by atoms with Crippen molar-refractivity contribution in [3.8, 4) is 0 Å². The first-order valence-corrected chi connectivity index (χ1v) is 8.53.